The summed E-state index contributed by atoms with van der Waals surface area (Å²) in [6.45, 7) is 2.48. The zero-order chi connectivity index (χ0) is 12.8. The Morgan fingerprint density at radius 1 is 1.26 bits per heavy atom. The van der Waals surface area contributed by atoms with Crippen molar-refractivity contribution in [3.8, 4) is 5.75 Å². The Balaban J connectivity index is 1.86. The van der Waals surface area contributed by atoms with Gasteiger partial charge in [-0.15, -0.1) is 0 Å². The van der Waals surface area contributed by atoms with E-state index in [9.17, 15) is 0 Å². The third kappa shape index (κ3) is 1.68. The number of ether oxygens (including phenoxy) is 1. The van der Waals surface area contributed by atoms with Gasteiger partial charge in [0.25, 0.3) is 0 Å². The first-order valence-electron chi connectivity index (χ1n) is 7.29. The van der Waals surface area contributed by atoms with Gasteiger partial charge in [-0.25, -0.2) is 0 Å². The summed E-state index contributed by atoms with van der Waals surface area (Å²) in [5, 5.41) is 1.36. The second-order valence-corrected chi connectivity index (χ2v) is 5.73. The number of nitrogens with one attached hydrogen (secondary N) is 1. The van der Waals surface area contributed by atoms with Crippen LogP contribution in [0.1, 0.15) is 36.6 Å². The van der Waals surface area contributed by atoms with Crippen LogP contribution in [0.25, 0.3) is 10.9 Å². The molecule has 0 bridgehead atoms. The molecule has 0 unspecified atom stereocenters. The standard InChI is InChI=1S/C16H20N2O/c1-19-11-5-6-14-13(10-11)12-7-9-18-8-3-2-4-15(18)16(12)17-14/h5-6,10,15,17H,2-4,7-9H2,1H3/t15-/m1/s1. The summed E-state index contributed by atoms with van der Waals surface area (Å²) in [6, 6.07) is 7.00. The first-order chi connectivity index (χ1) is 9.36. The fourth-order valence-electron chi connectivity index (χ4n) is 3.77. The van der Waals surface area contributed by atoms with Crippen molar-refractivity contribution >= 4 is 10.9 Å². The lowest BCUT2D eigenvalue weighted by Crippen LogP contribution is -2.38. The summed E-state index contributed by atoms with van der Waals surface area (Å²) in [5.41, 5.74) is 4.25. The lowest BCUT2D eigenvalue weighted by atomic mass is 9.91. The molecular weight excluding hydrogens is 236 g/mol. The molecule has 1 aromatic heterocycles. The average Bonchev–Trinajstić information content (AvgIpc) is 2.85. The molecule has 3 heterocycles. The van der Waals surface area contributed by atoms with Crippen molar-refractivity contribution in [2.24, 2.45) is 0 Å². The zero-order valence-corrected chi connectivity index (χ0v) is 11.4. The van der Waals surface area contributed by atoms with Crippen LogP contribution in [0.3, 0.4) is 0 Å². The molecule has 1 saturated heterocycles. The highest BCUT2D eigenvalue weighted by Crippen LogP contribution is 2.39. The number of hydrogen-bond acceptors (Lipinski definition) is 2. The van der Waals surface area contributed by atoms with Gasteiger partial charge < -0.3 is 9.72 Å². The molecule has 19 heavy (non-hydrogen) atoms. The van der Waals surface area contributed by atoms with Crippen LogP contribution >= 0.6 is 0 Å². The van der Waals surface area contributed by atoms with Gasteiger partial charge in [-0.1, -0.05) is 6.42 Å². The van der Waals surface area contributed by atoms with E-state index in [4.69, 9.17) is 4.74 Å². The smallest absolute Gasteiger partial charge is 0.119 e. The molecule has 0 saturated carbocycles. The van der Waals surface area contributed by atoms with E-state index in [1.54, 1.807) is 7.11 Å². The Bertz CT molecular complexity index is 616. The van der Waals surface area contributed by atoms with E-state index in [0.717, 1.165) is 5.75 Å². The minimum atomic E-state index is 0.621. The van der Waals surface area contributed by atoms with E-state index in [-0.39, 0.29) is 0 Å². The summed E-state index contributed by atoms with van der Waals surface area (Å²) >= 11 is 0. The molecule has 0 aliphatic carbocycles. The summed E-state index contributed by atoms with van der Waals surface area (Å²) in [6.07, 6.45) is 5.19. The molecule has 0 radical (unpaired) electrons. The number of nitrogens with zero attached hydrogens (tertiary/aromatic N) is 1. The van der Waals surface area contributed by atoms with E-state index in [0.29, 0.717) is 6.04 Å². The molecule has 0 amide bonds. The summed E-state index contributed by atoms with van der Waals surface area (Å²) < 4.78 is 5.37. The van der Waals surface area contributed by atoms with Gasteiger partial charge >= 0.3 is 0 Å². The van der Waals surface area contributed by atoms with Gasteiger partial charge in [0, 0.05) is 23.1 Å². The van der Waals surface area contributed by atoms with Crippen molar-refractivity contribution < 1.29 is 4.74 Å². The third-order valence-electron chi connectivity index (χ3n) is 4.74. The summed E-state index contributed by atoms with van der Waals surface area (Å²) in [4.78, 5) is 6.32. The van der Waals surface area contributed by atoms with Crippen molar-refractivity contribution in [2.45, 2.75) is 31.7 Å². The van der Waals surface area contributed by atoms with Gasteiger partial charge in [-0.05, 0) is 49.6 Å². The fourth-order valence-corrected chi connectivity index (χ4v) is 3.77. The van der Waals surface area contributed by atoms with Crippen LogP contribution in [0.5, 0.6) is 5.75 Å². The van der Waals surface area contributed by atoms with Gasteiger partial charge in [0.05, 0.1) is 13.2 Å². The number of rotatable bonds is 1. The number of hydrogen-bond donors (Lipinski definition) is 1. The van der Waals surface area contributed by atoms with E-state index >= 15 is 0 Å². The third-order valence-corrected chi connectivity index (χ3v) is 4.74. The molecule has 2 aliphatic rings. The molecule has 100 valence electrons. The molecule has 1 fully saturated rings. The molecule has 1 aromatic carbocycles. The van der Waals surface area contributed by atoms with Gasteiger partial charge in [-0.2, -0.15) is 0 Å². The van der Waals surface area contributed by atoms with Crippen LogP contribution in [-0.2, 0) is 6.42 Å². The van der Waals surface area contributed by atoms with Gasteiger partial charge in [0.15, 0.2) is 0 Å². The zero-order valence-electron chi connectivity index (χ0n) is 11.4. The average molecular weight is 256 g/mol. The van der Waals surface area contributed by atoms with Crippen molar-refractivity contribution in [3.05, 3.63) is 29.5 Å². The molecule has 2 aromatic rings. The highest BCUT2D eigenvalue weighted by atomic mass is 16.5. The number of piperidine rings is 1. The Labute approximate surface area is 113 Å². The normalized spacial score (nSPS) is 23.1. The molecule has 2 aliphatic heterocycles. The van der Waals surface area contributed by atoms with Crippen molar-refractivity contribution in [1.82, 2.24) is 9.88 Å². The number of aromatic amines is 1. The van der Waals surface area contributed by atoms with E-state index < -0.39 is 0 Å². The molecule has 3 nitrogen and oxygen atoms in total. The van der Waals surface area contributed by atoms with Gasteiger partial charge in [0.2, 0.25) is 0 Å². The van der Waals surface area contributed by atoms with Crippen molar-refractivity contribution in [1.29, 1.82) is 0 Å². The quantitative estimate of drug-likeness (QED) is 0.848. The molecule has 1 N–H and O–H groups in total. The van der Waals surface area contributed by atoms with Gasteiger partial charge in [0.1, 0.15) is 5.75 Å². The van der Waals surface area contributed by atoms with Crippen LogP contribution in [0.2, 0.25) is 0 Å². The summed E-state index contributed by atoms with van der Waals surface area (Å²) in [7, 11) is 1.74. The van der Waals surface area contributed by atoms with Crippen LogP contribution in [-0.4, -0.2) is 30.1 Å². The number of aromatic nitrogens is 1. The Hall–Kier alpha value is -1.48. The van der Waals surface area contributed by atoms with Crippen LogP contribution in [0.4, 0.5) is 0 Å². The first-order valence-corrected chi connectivity index (χ1v) is 7.29. The molecule has 1 atom stereocenters. The maximum atomic E-state index is 5.37. The second kappa shape index (κ2) is 4.27. The largest absolute Gasteiger partial charge is 0.497 e. The molecule has 3 heteroatoms. The topological polar surface area (TPSA) is 28.3 Å². The highest BCUT2D eigenvalue weighted by Gasteiger charge is 2.31. The van der Waals surface area contributed by atoms with Crippen molar-refractivity contribution in [2.75, 3.05) is 20.2 Å². The Morgan fingerprint density at radius 2 is 2.21 bits per heavy atom. The van der Waals surface area contributed by atoms with Gasteiger partial charge in [-0.3, -0.25) is 4.90 Å². The fraction of sp³-hybridized carbons (Fsp3) is 0.500. The predicted octanol–water partition coefficient (Wildman–Crippen LogP) is 3.26. The Kier molecular flexibility index (Phi) is 2.55. The van der Waals surface area contributed by atoms with Crippen LogP contribution in [0, 0.1) is 0 Å². The number of fused-ring (bicyclic) bond motifs is 5. The SMILES string of the molecule is COc1ccc2[nH]c3c(c2c1)CCN1CCCC[C@H]31. The number of methoxy groups -OCH3 is 1. The minimum absolute atomic E-state index is 0.621. The van der Waals surface area contributed by atoms with Crippen LogP contribution < -0.4 is 4.74 Å². The molecule has 4 rings (SSSR count). The first kappa shape index (κ1) is 11.4. The molecular formula is C16H20N2O. The van der Waals surface area contributed by atoms with E-state index in [1.165, 1.54) is 60.9 Å². The lowest BCUT2D eigenvalue weighted by Gasteiger charge is -2.39. The Morgan fingerprint density at radius 3 is 3.11 bits per heavy atom. The highest BCUT2D eigenvalue weighted by molar-refractivity contribution is 5.86. The maximum absolute atomic E-state index is 5.37. The van der Waals surface area contributed by atoms with E-state index in [1.807, 2.05) is 6.07 Å². The second-order valence-electron chi connectivity index (χ2n) is 5.73. The maximum Gasteiger partial charge on any atom is 0.119 e. The number of H-pyrrole nitrogens is 1. The predicted molar refractivity (Wildman–Crippen MR) is 76.7 cm³/mol. The monoisotopic (exact) mass is 256 g/mol. The van der Waals surface area contributed by atoms with Crippen LogP contribution in [0.15, 0.2) is 18.2 Å². The summed E-state index contributed by atoms with van der Waals surface area (Å²) in [5.74, 6) is 0.959. The molecule has 0 spiro atoms. The minimum Gasteiger partial charge on any atom is -0.497 e. The lowest BCUT2D eigenvalue weighted by molar-refractivity contribution is 0.136. The van der Waals surface area contributed by atoms with Crippen molar-refractivity contribution in [3.63, 3.8) is 0 Å². The van der Waals surface area contributed by atoms with E-state index in [2.05, 4.69) is 22.0 Å². The number of benzene rings is 1.